The van der Waals surface area contributed by atoms with Gasteiger partial charge in [0.1, 0.15) is 6.61 Å². The lowest BCUT2D eigenvalue weighted by molar-refractivity contribution is 0.143. The van der Waals surface area contributed by atoms with Gasteiger partial charge in [-0.15, -0.1) is 0 Å². The minimum Gasteiger partial charge on any atom is -0.475 e. The minimum absolute atomic E-state index is 0.209. The largest absolute Gasteiger partial charge is 0.475 e. The number of rotatable bonds is 10. The summed E-state index contributed by atoms with van der Waals surface area (Å²) in [5.41, 5.74) is 4.50. The van der Waals surface area contributed by atoms with E-state index in [1.165, 1.54) is 11.3 Å². The van der Waals surface area contributed by atoms with Crippen LogP contribution in [0.15, 0.2) is 23.3 Å². The van der Waals surface area contributed by atoms with E-state index < -0.39 is 0 Å². The molecule has 2 rings (SSSR count). The Morgan fingerprint density at radius 1 is 1.31 bits per heavy atom. The number of nitrogens with one attached hydrogen (secondary N) is 2. The maximum atomic E-state index is 5.70. The van der Waals surface area contributed by atoms with E-state index in [1.807, 2.05) is 23.9 Å². The standard InChI is InChI=1S/C21H34N6O2/c1-7-22-21(25-15(2)13-19-16(3)26-27(5)17(19)4)24-14-18-9-8-10-23-20(18)29-12-11-28-6/h8-10,15H,7,11-14H2,1-6H3,(H2,22,24,25). The summed E-state index contributed by atoms with van der Waals surface area (Å²) in [5.74, 6) is 1.37. The highest BCUT2D eigenvalue weighted by molar-refractivity contribution is 5.80. The van der Waals surface area contributed by atoms with Crippen molar-refractivity contribution in [3.8, 4) is 5.88 Å². The third-order valence-corrected chi connectivity index (χ3v) is 4.68. The molecule has 2 aromatic rings. The average Bonchev–Trinajstić information content (AvgIpc) is 2.93. The fourth-order valence-electron chi connectivity index (χ4n) is 3.08. The Kier molecular flexibility index (Phi) is 8.92. The molecular formula is C21H34N6O2. The first kappa shape index (κ1) is 22.7. The van der Waals surface area contributed by atoms with E-state index in [0.29, 0.717) is 25.6 Å². The number of hydrogen-bond donors (Lipinski definition) is 2. The molecule has 0 aliphatic heterocycles. The van der Waals surface area contributed by atoms with Gasteiger partial charge in [-0.05, 0) is 45.7 Å². The number of aromatic nitrogens is 3. The molecule has 2 heterocycles. The third kappa shape index (κ3) is 6.74. The van der Waals surface area contributed by atoms with E-state index in [0.717, 1.165) is 30.2 Å². The van der Waals surface area contributed by atoms with Crippen LogP contribution in [-0.2, 0) is 24.8 Å². The zero-order valence-corrected chi connectivity index (χ0v) is 18.5. The fraction of sp³-hybridized carbons (Fsp3) is 0.571. The van der Waals surface area contributed by atoms with Gasteiger partial charge in [-0.1, -0.05) is 6.07 Å². The Bertz CT molecular complexity index is 802. The van der Waals surface area contributed by atoms with Crippen LogP contribution in [0.4, 0.5) is 0 Å². The lowest BCUT2D eigenvalue weighted by atomic mass is 10.1. The zero-order chi connectivity index (χ0) is 21.2. The summed E-state index contributed by atoms with van der Waals surface area (Å²) < 4.78 is 12.7. The van der Waals surface area contributed by atoms with Gasteiger partial charge in [-0.3, -0.25) is 4.68 Å². The van der Waals surface area contributed by atoms with Crippen molar-refractivity contribution in [3.05, 3.63) is 40.8 Å². The molecule has 160 valence electrons. The number of ether oxygens (including phenoxy) is 2. The molecule has 1 unspecified atom stereocenters. The molecule has 0 spiro atoms. The number of aliphatic imine (C=N–C) groups is 1. The molecule has 0 radical (unpaired) electrons. The molecule has 0 aliphatic carbocycles. The van der Waals surface area contributed by atoms with Gasteiger partial charge >= 0.3 is 0 Å². The van der Waals surface area contributed by atoms with Crippen LogP contribution in [0, 0.1) is 13.8 Å². The van der Waals surface area contributed by atoms with Gasteiger partial charge in [-0.2, -0.15) is 5.10 Å². The predicted molar refractivity (Wildman–Crippen MR) is 115 cm³/mol. The highest BCUT2D eigenvalue weighted by Crippen LogP contribution is 2.16. The molecule has 0 fully saturated rings. The lowest BCUT2D eigenvalue weighted by Gasteiger charge is -2.18. The van der Waals surface area contributed by atoms with Crippen LogP contribution >= 0.6 is 0 Å². The molecule has 8 heteroatoms. The maximum Gasteiger partial charge on any atom is 0.218 e. The molecule has 0 saturated carbocycles. The highest BCUT2D eigenvalue weighted by atomic mass is 16.5. The van der Waals surface area contributed by atoms with Crippen LogP contribution in [0.3, 0.4) is 0 Å². The zero-order valence-electron chi connectivity index (χ0n) is 18.5. The van der Waals surface area contributed by atoms with Gasteiger partial charge in [0.2, 0.25) is 5.88 Å². The van der Waals surface area contributed by atoms with Crippen LogP contribution < -0.4 is 15.4 Å². The molecule has 2 aromatic heterocycles. The summed E-state index contributed by atoms with van der Waals surface area (Å²) in [7, 11) is 3.63. The summed E-state index contributed by atoms with van der Waals surface area (Å²) in [6.07, 6.45) is 2.60. The summed E-state index contributed by atoms with van der Waals surface area (Å²) >= 11 is 0. The van der Waals surface area contributed by atoms with Crippen molar-refractivity contribution in [2.45, 2.75) is 46.7 Å². The van der Waals surface area contributed by atoms with Crippen molar-refractivity contribution < 1.29 is 9.47 Å². The molecule has 0 saturated heterocycles. The summed E-state index contributed by atoms with van der Waals surface area (Å²) in [4.78, 5) is 9.04. The fourth-order valence-corrected chi connectivity index (χ4v) is 3.08. The van der Waals surface area contributed by atoms with Gasteiger partial charge in [0.15, 0.2) is 5.96 Å². The molecule has 0 bridgehead atoms. The number of hydrogen-bond acceptors (Lipinski definition) is 5. The maximum absolute atomic E-state index is 5.70. The van der Waals surface area contributed by atoms with Gasteiger partial charge in [0, 0.05) is 44.2 Å². The van der Waals surface area contributed by atoms with Crippen molar-refractivity contribution in [3.63, 3.8) is 0 Å². The first-order valence-corrected chi connectivity index (χ1v) is 10.1. The number of methoxy groups -OCH3 is 1. The average molecular weight is 403 g/mol. The van der Waals surface area contributed by atoms with Crippen molar-refractivity contribution in [1.29, 1.82) is 0 Å². The topological polar surface area (TPSA) is 85.6 Å². The van der Waals surface area contributed by atoms with Crippen LogP contribution in [-0.4, -0.2) is 53.6 Å². The number of aryl methyl sites for hydroxylation is 2. The van der Waals surface area contributed by atoms with E-state index >= 15 is 0 Å². The lowest BCUT2D eigenvalue weighted by Crippen LogP contribution is -2.43. The van der Waals surface area contributed by atoms with Gasteiger partial charge in [-0.25, -0.2) is 9.98 Å². The van der Waals surface area contributed by atoms with Crippen LogP contribution in [0.5, 0.6) is 5.88 Å². The van der Waals surface area contributed by atoms with Crippen molar-refractivity contribution in [2.24, 2.45) is 12.0 Å². The molecular weight excluding hydrogens is 368 g/mol. The van der Waals surface area contributed by atoms with Crippen LogP contribution in [0.25, 0.3) is 0 Å². The molecule has 0 aromatic carbocycles. The van der Waals surface area contributed by atoms with Crippen LogP contribution in [0.1, 0.15) is 36.4 Å². The summed E-state index contributed by atoms with van der Waals surface area (Å²) in [5, 5.41) is 11.3. The number of guanidine groups is 1. The Balaban J connectivity index is 2.04. The van der Waals surface area contributed by atoms with E-state index in [2.05, 4.69) is 48.4 Å². The first-order valence-electron chi connectivity index (χ1n) is 10.1. The molecule has 0 aliphatic rings. The third-order valence-electron chi connectivity index (χ3n) is 4.68. The Morgan fingerprint density at radius 3 is 2.76 bits per heavy atom. The second kappa shape index (κ2) is 11.4. The monoisotopic (exact) mass is 402 g/mol. The van der Waals surface area contributed by atoms with E-state index in [-0.39, 0.29) is 6.04 Å². The normalized spacial score (nSPS) is 12.7. The Hall–Kier alpha value is -2.61. The second-order valence-electron chi connectivity index (χ2n) is 7.03. The van der Waals surface area contributed by atoms with E-state index in [4.69, 9.17) is 14.5 Å². The van der Waals surface area contributed by atoms with Crippen LogP contribution in [0.2, 0.25) is 0 Å². The Morgan fingerprint density at radius 2 is 2.10 bits per heavy atom. The van der Waals surface area contributed by atoms with E-state index in [9.17, 15) is 0 Å². The Labute approximate surface area is 173 Å². The smallest absolute Gasteiger partial charge is 0.218 e. The number of nitrogens with zero attached hydrogens (tertiary/aromatic N) is 4. The minimum atomic E-state index is 0.209. The molecule has 29 heavy (non-hydrogen) atoms. The summed E-state index contributed by atoms with van der Waals surface area (Å²) in [6.45, 7) is 10.6. The van der Waals surface area contributed by atoms with Gasteiger partial charge in [0.25, 0.3) is 0 Å². The molecule has 2 N–H and O–H groups in total. The summed E-state index contributed by atoms with van der Waals surface area (Å²) in [6, 6.07) is 4.08. The van der Waals surface area contributed by atoms with Gasteiger partial charge in [0.05, 0.1) is 18.8 Å². The molecule has 8 nitrogen and oxygen atoms in total. The molecule has 0 amide bonds. The molecule has 1 atom stereocenters. The van der Waals surface area contributed by atoms with Crippen molar-refractivity contribution in [2.75, 3.05) is 26.9 Å². The van der Waals surface area contributed by atoms with E-state index in [1.54, 1.807) is 13.3 Å². The first-order chi connectivity index (χ1) is 14.0. The quantitative estimate of drug-likeness (QED) is 0.360. The predicted octanol–water partition coefficient (Wildman–Crippen LogP) is 2.14. The van der Waals surface area contributed by atoms with Crippen molar-refractivity contribution in [1.82, 2.24) is 25.4 Å². The SMILES string of the molecule is CCNC(=NCc1cccnc1OCCOC)NC(C)Cc1c(C)nn(C)c1C. The van der Waals surface area contributed by atoms with Crippen molar-refractivity contribution >= 4 is 5.96 Å². The van der Waals surface area contributed by atoms with Gasteiger partial charge < -0.3 is 20.1 Å². The second-order valence-corrected chi connectivity index (χ2v) is 7.03. The highest BCUT2D eigenvalue weighted by Gasteiger charge is 2.14. The number of pyridine rings is 1.